The lowest BCUT2D eigenvalue weighted by Crippen LogP contribution is -2.27. The van der Waals surface area contributed by atoms with Crippen molar-refractivity contribution < 1.29 is 13.2 Å². The second kappa shape index (κ2) is 6.30. The third-order valence-corrected chi connectivity index (χ3v) is 5.90. The number of benzene rings is 2. The van der Waals surface area contributed by atoms with Crippen LogP contribution in [0.1, 0.15) is 11.1 Å². The molecule has 0 unspecified atom stereocenters. The molecule has 0 aliphatic rings. The van der Waals surface area contributed by atoms with E-state index in [9.17, 15) is 8.42 Å². The molecule has 0 amide bonds. The SMILES string of the molecule is COc1ccc(C)cc1S(=O)(=O)N(C)Cc1c[nH]c2ccccc12. The van der Waals surface area contributed by atoms with Gasteiger partial charge in [0, 0.05) is 30.7 Å². The van der Waals surface area contributed by atoms with Crippen LogP contribution in [0.3, 0.4) is 0 Å². The molecule has 5 nitrogen and oxygen atoms in total. The number of aryl methyl sites for hydroxylation is 1. The fraction of sp³-hybridized carbons (Fsp3) is 0.222. The van der Waals surface area contributed by atoms with Gasteiger partial charge < -0.3 is 9.72 Å². The summed E-state index contributed by atoms with van der Waals surface area (Å²) in [5.74, 6) is 0.353. The molecule has 3 aromatic rings. The Morgan fingerprint density at radius 3 is 2.67 bits per heavy atom. The number of H-pyrrole nitrogens is 1. The summed E-state index contributed by atoms with van der Waals surface area (Å²) in [5.41, 5.74) is 2.80. The Labute approximate surface area is 141 Å². The van der Waals surface area contributed by atoms with Crippen LogP contribution in [-0.4, -0.2) is 31.9 Å². The highest BCUT2D eigenvalue weighted by Gasteiger charge is 2.25. The van der Waals surface area contributed by atoms with Crippen LogP contribution in [0.5, 0.6) is 5.75 Å². The van der Waals surface area contributed by atoms with Gasteiger partial charge in [-0.05, 0) is 36.2 Å². The number of methoxy groups -OCH3 is 1. The predicted molar refractivity (Wildman–Crippen MR) is 94.7 cm³/mol. The van der Waals surface area contributed by atoms with E-state index in [0.29, 0.717) is 5.75 Å². The quantitative estimate of drug-likeness (QED) is 0.772. The Balaban J connectivity index is 1.97. The lowest BCUT2D eigenvalue weighted by Gasteiger charge is -2.19. The Morgan fingerprint density at radius 1 is 1.17 bits per heavy atom. The van der Waals surface area contributed by atoms with E-state index in [0.717, 1.165) is 22.0 Å². The Hall–Kier alpha value is -2.31. The molecule has 3 rings (SSSR count). The molecule has 6 heteroatoms. The molecular weight excluding hydrogens is 324 g/mol. The smallest absolute Gasteiger partial charge is 0.246 e. The monoisotopic (exact) mass is 344 g/mol. The number of aromatic nitrogens is 1. The topological polar surface area (TPSA) is 62.4 Å². The zero-order valence-corrected chi connectivity index (χ0v) is 14.7. The number of rotatable bonds is 5. The maximum Gasteiger partial charge on any atom is 0.246 e. The first kappa shape index (κ1) is 16.5. The molecule has 0 atom stereocenters. The van der Waals surface area contributed by atoms with E-state index in [4.69, 9.17) is 4.74 Å². The molecule has 1 heterocycles. The van der Waals surface area contributed by atoms with E-state index < -0.39 is 10.0 Å². The van der Waals surface area contributed by atoms with E-state index in [1.165, 1.54) is 11.4 Å². The van der Waals surface area contributed by atoms with Crippen molar-refractivity contribution in [1.29, 1.82) is 0 Å². The molecular formula is C18H20N2O3S. The summed E-state index contributed by atoms with van der Waals surface area (Å²) in [6.07, 6.45) is 1.85. The van der Waals surface area contributed by atoms with Crippen molar-refractivity contribution in [1.82, 2.24) is 9.29 Å². The van der Waals surface area contributed by atoms with Gasteiger partial charge in [0.15, 0.2) is 0 Å². The normalized spacial score (nSPS) is 12.0. The van der Waals surface area contributed by atoms with Crippen molar-refractivity contribution in [2.75, 3.05) is 14.2 Å². The highest BCUT2D eigenvalue weighted by atomic mass is 32.2. The number of sulfonamides is 1. The predicted octanol–water partition coefficient (Wildman–Crippen LogP) is 3.31. The molecule has 0 saturated carbocycles. The molecule has 126 valence electrons. The van der Waals surface area contributed by atoms with Gasteiger partial charge in [0.05, 0.1) is 7.11 Å². The number of hydrogen-bond acceptors (Lipinski definition) is 3. The van der Waals surface area contributed by atoms with Crippen molar-refractivity contribution in [3.8, 4) is 5.75 Å². The average molecular weight is 344 g/mol. The second-order valence-corrected chi connectivity index (χ2v) is 7.79. The number of hydrogen-bond donors (Lipinski definition) is 1. The fourth-order valence-corrected chi connectivity index (χ4v) is 4.13. The highest BCUT2D eigenvalue weighted by molar-refractivity contribution is 7.89. The molecule has 0 aliphatic carbocycles. The van der Waals surface area contributed by atoms with Crippen LogP contribution in [0.4, 0.5) is 0 Å². The van der Waals surface area contributed by atoms with Crippen molar-refractivity contribution in [3.05, 3.63) is 59.8 Å². The first-order chi connectivity index (χ1) is 11.4. The van der Waals surface area contributed by atoms with E-state index in [1.54, 1.807) is 19.2 Å². The van der Waals surface area contributed by atoms with Gasteiger partial charge in [0.2, 0.25) is 10.0 Å². The molecule has 2 aromatic carbocycles. The van der Waals surface area contributed by atoms with Crippen LogP contribution >= 0.6 is 0 Å². The number of ether oxygens (including phenoxy) is 1. The van der Waals surface area contributed by atoms with Crippen molar-refractivity contribution >= 4 is 20.9 Å². The number of aromatic amines is 1. The third-order valence-electron chi connectivity index (χ3n) is 4.08. The van der Waals surface area contributed by atoms with E-state index in [2.05, 4.69) is 4.98 Å². The first-order valence-corrected chi connectivity index (χ1v) is 9.03. The second-order valence-electron chi connectivity index (χ2n) is 5.77. The molecule has 0 spiro atoms. The van der Waals surface area contributed by atoms with Crippen molar-refractivity contribution in [2.24, 2.45) is 0 Å². The van der Waals surface area contributed by atoms with Crippen molar-refractivity contribution in [3.63, 3.8) is 0 Å². The van der Waals surface area contributed by atoms with Crippen LogP contribution < -0.4 is 4.74 Å². The highest BCUT2D eigenvalue weighted by Crippen LogP contribution is 2.29. The summed E-state index contributed by atoms with van der Waals surface area (Å²) in [6.45, 7) is 2.14. The minimum Gasteiger partial charge on any atom is -0.495 e. The fourth-order valence-electron chi connectivity index (χ4n) is 2.74. The zero-order valence-electron chi connectivity index (χ0n) is 13.9. The van der Waals surface area contributed by atoms with Gasteiger partial charge in [-0.15, -0.1) is 0 Å². The first-order valence-electron chi connectivity index (χ1n) is 7.59. The van der Waals surface area contributed by atoms with Crippen LogP contribution in [0.15, 0.2) is 53.6 Å². The number of nitrogens with zero attached hydrogens (tertiary/aromatic N) is 1. The minimum absolute atomic E-state index is 0.187. The summed E-state index contributed by atoms with van der Waals surface area (Å²) in [7, 11) is -0.597. The largest absolute Gasteiger partial charge is 0.495 e. The Bertz CT molecular complexity index is 977. The maximum absolute atomic E-state index is 13.0. The molecule has 0 bridgehead atoms. The Morgan fingerprint density at radius 2 is 1.92 bits per heavy atom. The number of fused-ring (bicyclic) bond motifs is 1. The molecule has 24 heavy (non-hydrogen) atoms. The van der Waals surface area contributed by atoms with E-state index in [-0.39, 0.29) is 11.4 Å². The van der Waals surface area contributed by atoms with Gasteiger partial charge in [0.25, 0.3) is 0 Å². The van der Waals surface area contributed by atoms with Gasteiger partial charge in [-0.2, -0.15) is 4.31 Å². The molecule has 0 radical (unpaired) electrons. The summed E-state index contributed by atoms with van der Waals surface area (Å²) < 4.78 is 32.5. The van der Waals surface area contributed by atoms with Gasteiger partial charge in [-0.3, -0.25) is 0 Å². The molecule has 1 aromatic heterocycles. The van der Waals surface area contributed by atoms with Crippen LogP contribution in [0.2, 0.25) is 0 Å². The summed E-state index contributed by atoms with van der Waals surface area (Å²) in [5, 5.41) is 1.02. The summed E-state index contributed by atoms with van der Waals surface area (Å²) in [6, 6.07) is 13.0. The molecule has 0 saturated heterocycles. The Kier molecular flexibility index (Phi) is 4.34. The maximum atomic E-state index is 13.0. The molecule has 0 fully saturated rings. The van der Waals surface area contributed by atoms with Crippen LogP contribution in [0.25, 0.3) is 10.9 Å². The molecule has 1 N–H and O–H groups in total. The van der Waals surface area contributed by atoms with Crippen molar-refractivity contribution in [2.45, 2.75) is 18.4 Å². The van der Waals surface area contributed by atoms with Gasteiger partial charge >= 0.3 is 0 Å². The van der Waals surface area contributed by atoms with Crippen LogP contribution in [0, 0.1) is 6.92 Å². The number of nitrogens with one attached hydrogen (secondary N) is 1. The third kappa shape index (κ3) is 2.90. The number of para-hydroxylation sites is 1. The van der Waals surface area contributed by atoms with Gasteiger partial charge in [-0.1, -0.05) is 24.3 Å². The summed E-state index contributed by atoms with van der Waals surface area (Å²) in [4.78, 5) is 3.36. The molecule has 0 aliphatic heterocycles. The van der Waals surface area contributed by atoms with Gasteiger partial charge in [0.1, 0.15) is 10.6 Å². The van der Waals surface area contributed by atoms with E-state index >= 15 is 0 Å². The van der Waals surface area contributed by atoms with Gasteiger partial charge in [-0.25, -0.2) is 8.42 Å². The van der Waals surface area contributed by atoms with E-state index in [1.807, 2.05) is 43.5 Å². The average Bonchev–Trinajstić information content (AvgIpc) is 2.98. The van der Waals surface area contributed by atoms with Crippen LogP contribution in [-0.2, 0) is 16.6 Å². The lowest BCUT2D eigenvalue weighted by molar-refractivity contribution is 0.397. The summed E-state index contributed by atoms with van der Waals surface area (Å²) >= 11 is 0. The zero-order chi connectivity index (χ0) is 17.3. The lowest BCUT2D eigenvalue weighted by atomic mass is 10.2. The minimum atomic E-state index is -3.65. The standard InChI is InChI=1S/C18H20N2O3S/c1-13-8-9-17(23-3)18(10-13)24(21,22)20(2)12-14-11-19-16-7-5-4-6-15(14)16/h4-11,19H,12H2,1-3H3.